The summed E-state index contributed by atoms with van der Waals surface area (Å²) in [6, 6.07) is 7.57. The maximum Gasteiger partial charge on any atom is 0.281 e. The van der Waals surface area contributed by atoms with Crippen molar-refractivity contribution in [1.29, 1.82) is 0 Å². The van der Waals surface area contributed by atoms with Crippen LogP contribution in [0.1, 0.15) is 18.4 Å². The molecular weight excluding hydrogens is 342 g/mol. The number of para-hydroxylation sites is 1. The second-order valence-electron chi connectivity index (χ2n) is 6.49. The maximum atomic E-state index is 12.8. The Kier molecular flexibility index (Phi) is 6.42. The molecule has 1 aromatic rings. The van der Waals surface area contributed by atoms with Gasteiger partial charge in [0.05, 0.1) is 13.0 Å². The van der Waals surface area contributed by atoms with E-state index in [1.54, 1.807) is 19.1 Å². The third-order valence-corrected chi connectivity index (χ3v) is 6.40. The van der Waals surface area contributed by atoms with Gasteiger partial charge in [0.15, 0.2) is 0 Å². The number of amides is 1. The Bertz CT molecular complexity index is 706. The molecule has 7 nitrogen and oxygen atoms in total. The van der Waals surface area contributed by atoms with E-state index in [2.05, 4.69) is 0 Å². The minimum atomic E-state index is -3.49. The Morgan fingerprint density at radius 2 is 1.96 bits per heavy atom. The summed E-state index contributed by atoms with van der Waals surface area (Å²) in [5.74, 6) is 0.385. The quantitative estimate of drug-likeness (QED) is 0.755. The van der Waals surface area contributed by atoms with E-state index in [9.17, 15) is 13.2 Å². The van der Waals surface area contributed by atoms with E-state index >= 15 is 0 Å². The second kappa shape index (κ2) is 8.16. The van der Waals surface area contributed by atoms with Crippen molar-refractivity contribution in [3.63, 3.8) is 0 Å². The van der Waals surface area contributed by atoms with Crippen LogP contribution in [0.15, 0.2) is 24.3 Å². The summed E-state index contributed by atoms with van der Waals surface area (Å²) in [7, 11) is 2.88. The van der Waals surface area contributed by atoms with Gasteiger partial charge in [0.25, 0.3) is 10.2 Å². The molecule has 140 valence electrons. The van der Waals surface area contributed by atoms with E-state index in [-0.39, 0.29) is 18.4 Å². The normalized spacial score (nSPS) is 19.0. The number of carbonyl (C=O) groups is 1. The molecule has 1 heterocycles. The molecule has 0 spiro atoms. The third kappa shape index (κ3) is 4.50. The smallest absolute Gasteiger partial charge is 0.281 e. The Labute approximate surface area is 150 Å². The van der Waals surface area contributed by atoms with Gasteiger partial charge < -0.3 is 9.64 Å². The average molecular weight is 369 g/mol. The highest BCUT2D eigenvalue weighted by atomic mass is 32.2. The third-order valence-electron chi connectivity index (χ3n) is 4.50. The van der Waals surface area contributed by atoms with Gasteiger partial charge in [-0.15, -0.1) is 0 Å². The fourth-order valence-electron chi connectivity index (χ4n) is 3.06. The first kappa shape index (κ1) is 19.7. The van der Waals surface area contributed by atoms with E-state index in [1.165, 1.54) is 22.7 Å². The van der Waals surface area contributed by atoms with Crippen LogP contribution < -0.4 is 4.74 Å². The van der Waals surface area contributed by atoms with Crippen LogP contribution in [0, 0.1) is 5.92 Å². The first-order valence-corrected chi connectivity index (χ1v) is 9.71. The Morgan fingerprint density at radius 1 is 1.28 bits per heavy atom. The lowest BCUT2D eigenvalue weighted by Gasteiger charge is -2.34. The minimum Gasteiger partial charge on any atom is -0.496 e. The van der Waals surface area contributed by atoms with Gasteiger partial charge >= 0.3 is 0 Å². The van der Waals surface area contributed by atoms with Crippen molar-refractivity contribution in [1.82, 2.24) is 13.5 Å². The summed E-state index contributed by atoms with van der Waals surface area (Å²) in [5, 5.41) is 0. The lowest BCUT2D eigenvalue weighted by atomic mass is 9.98. The number of rotatable bonds is 6. The van der Waals surface area contributed by atoms with Crippen molar-refractivity contribution in [3.05, 3.63) is 29.8 Å². The zero-order valence-electron chi connectivity index (χ0n) is 15.3. The van der Waals surface area contributed by atoms with E-state index in [0.717, 1.165) is 11.3 Å². The highest BCUT2D eigenvalue weighted by molar-refractivity contribution is 7.86. The van der Waals surface area contributed by atoms with E-state index < -0.39 is 10.2 Å². The lowest BCUT2D eigenvalue weighted by molar-refractivity contribution is -0.135. The molecule has 1 atom stereocenters. The molecule has 1 aromatic carbocycles. The molecule has 0 saturated carbocycles. The molecule has 0 radical (unpaired) electrons. The topological polar surface area (TPSA) is 70.2 Å². The SMILES string of the molecule is COc1ccccc1CN(C)C(=O)[C@H]1CCCN(S(=O)(=O)N(C)C)C1. The number of hydrogen-bond acceptors (Lipinski definition) is 4. The number of benzene rings is 1. The molecule has 25 heavy (non-hydrogen) atoms. The lowest BCUT2D eigenvalue weighted by Crippen LogP contribution is -2.49. The predicted octanol–water partition coefficient (Wildman–Crippen LogP) is 1.17. The van der Waals surface area contributed by atoms with Crippen molar-refractivity contribution < 1.29 is 17.9 Å². The zero-order chi connectivity index (χ0) is 18.6. The van der Waals surface area contributed by atoms with Crippen LogP contribution in [0.25, 0.3) is 0 Å². The number of hydrogen-bond donors (Lipinski definition) is 0. The van der Waals surface area contributed by atoms with Gasteiger partial charge in [0.1, 0.15) is 5.75 Å². The van der Waals surface area contributed by atoms with Crippen LogP contribution in [0.4, 0.5) is 0 Å². The first-order chi connectivity index (χ1) is 11.8. The van der Waals surface area contributed by atoms with Crippen LogP contribution in [0.2, 0.25) is 0 Å². The highest BCUT2D eigenvalue weighted by Crippen LogP contribution is 2.24. The Hall–Kier alpha value is -1.64. The Balaban J connectivity index is 2.06. The van der Waals surface area contributed by atoms with Crippen molar-refractivity contribution in [2.75, 3.05) is 41.3 Å². The van der Waals surface area contributed by atoms with Gasteiger partial charge in [-0.1, -0.05) is 18.2 Å². The van der Waals surface area contributed by atoms with E-state index in [1.807, 2.05) is 24.3 Å². The van der Waals surface area contributed by atoms with Crippen molar-refractivity contribution >= 4 is 16.1 Å². The molecular formula is C17H27N3O4S. The maximum absolute atomic E-state index is 12.8. The van der Waals surface area contributed by atoms with Crippen LogP contribution >= 0.6 is 0 Å². The first-order valence-electron chi connectivity index (χ1n) is 8.31. The molecule has 1 amide bonds. The fraction of sp³-hybridized carbons (Fsp3) is 0.588. The molecule has 0 unspecified atom stereocenters. The fourth-order valence-corrected chi connectivity index (χ4v) is 4.25. The van der Waals surface area contributed by atoms with Gasteiger partial charge in [-0.05, 0) is 18.9 Å². The number of carbonyl (C=O) groups excluding carboxylic acids is 1. The summed E-state index contributed by atoms with van der Waals surface area (Å²) in [6.45, 7) is 1.12. The molecule has 1 aliphatic heterocycles. The molecule has 0 bridgehead atoms. The summed E-state index contributed by atoms with van der Waals surface area (Å²) in [4.78, 5) is 14.4. The van der Waals surface area contributed by atoms with Gasteiger partial charge in [-0.2, -0.15) is 17.0 Å². The summed E-state index contributed by atoms with van der Waals surface area (Å²) < 4.78 is 32.5. The molecule has 1 fully saturated rings. The largest absolute Gasteiger partial charge is 0.496 e. The van der Waals surface area contributed by atoms with E-state index in [0.29, 0.717) is 25.9 Å². The van der Waals surface area contributed by atoms with Crippen LogP contribution in [-0.2, 0) is 21.5 Å². The zero-order valence-corrected chi connectivity index (χ0v) is 16.1. The van der Waals surface area contributed by atoms with Crippen molar-refractivity contribution in [2.24, 2.45) is 5.92 Å². The Morgan fingerprint density at radius 3 is 2.60 bits per heavy atom. The number of ether oxygens (including phenoxy) is 1. The number of piperidine rings is 1. The van der Waals surface area contributed by atoms with Crippen LogP contribution in [0.5, 0.6) is 5.75 Å². The summed E-state index contributed by atoms with van der Waals surface area (Å²) >= 11 is 0. The molecule has 0 N–H and O–H groups in total. The van der Waals surface area contributed by atoms with Gasteiger partial charge in [-0.3, -0.25) is 4.79 Å². The highest BCUT2D eigenvalue weighted by Gasteiger charge is 2.34. The standard InChI is InChI=1S/C17H27N3O4S/c1-18(2)25(22,23)20-11-7-9-15(13-20)17(21)19(3)12-14-8-5-6-10-16(14)24-4/h5-6,8,10,15H,7,9,11-13H2,1-4H3/t15-/m0/s1. The number of nitrogens with zero attached hydrogens (tertiary/aromatic N) is 3. The van der Waals surface area contributed by atoms with E-state index in [4.69, 9.17) is 4.74 Å². The van der Waals surface area contributed by atoms with Crippen LogP contribution in [-0.4, -0.2) is 69.2 Å². The molecule has 0 aromatic heterocycles. The van der Waals surface area contributed by atoms with Crippen molar-refractivity contribution in [2.45, 2.75) is 19.4 Å². The minimum absolute atomic E-state index is 0.0374. The summed E-state index contributed by atoms with van der Waals surface area (Å²) in [5.41, 5.74) is 0.925. The van der Waals surface area contributed by atoms with Gasteiger partial charge in [0.2, 0.25) is 5.91 Å². The van der Waals surface area contributed by atoms with Gasteiger partial charge in [0, 0.05) is 46.3 Å². The van der Waals surface area contributed by atoms with Gasteiger partial charge in [-0.25, -0.2) is 0 Å². The predicted molar refractivity (Wildman–Crippen MR) is 96.4 cm³/mol. The van der Waals surface area contributed by atoms with Crippen molar-refractivity contribution in [3.8, 4) is 5.75 Å². The molecule has 8 heteroatoms. The molecule has 0 aliphatic carbocycles. The molecule has 1 saturated heterocycles. The van der Waals surface area contributed by atoms with Crippen LogP contribution in [0.3, 0.4) is 0 Å². The number of methoxy groups -OCH3 is 1. The molecule has 2 rings (SSSR count). The molecule has 1 aliphatic rings. The second-order valence-corrected chi connectivity index (χ2v) is 8.64. The monoisotopic (exact) mass is 369 g/mol. The summed E-state index contributed by atoms with van der Waals surface area (Å²) in [6.07, 6.45) is 1.39. The average Bonchev–Trinajstić information content (AvgIpc) is 2.61.